The highest BCUT2D eigenvalue weighted by Gasteiger charge is 2.50. The molecule has 7 nitrogen and oxygen atoms in total. The van der Waals surface area contributed by atoms with E-state index in [2.05, 4.69) is 10.3 Å². The molecule has 2 N–H and O–H groups in total. The van der Waals surface area contributed by atoms with E-state index in [0.29, 0.717) is 35.9 Å². The van der Waals surface area contributed by atoms with Crippen molar-refractivity contribution < 1.29 is 14.7 Å². The largest absolute Gasteiger partial charge is 0.481 e. The Balaban J connectivity index is 1.62. The van der Waals surface area contributed by atoms with Crippen LogP contribution in [0.15, 0.2) is 23.0 Å². The summed E-state index contributed by atoms with van der Waals surface area (Å²) in [6.45, 7) is 0.816. The first-order valence-electron chi connectivity index (χ1n) is 9.05. The molecule has 0 radical (unpaired) electrons. The number of carboxylic acid groups (broad SMARTS) is 1. The second kappa shape index (κ2) is 6.23. The molecule has 1 saturated carbocycles. The van der Waals surface area contributed by atoms with Crippen LogP contribution < -0.4 is 10.9 Å². The molecule has 2 aliphatic rings. The molecule has 0 spiro atoms. The molecule has 7 heteroatoms. The van der Waals surface area contributed by atoms with Crippen LogP contribution >= 0.6 is 0 Å². The molecule has 4 rings (SSSR count). The third-order valence-electron chi connectivity index (χ3n) is 5.47. The lowest BCUT2D eigenvalue weighted by Gasteiger charge is -2.12. The predicted molar refractivity (Wildman–Crippen MR) is 95.2 cm³/mol. The summed E-state index contributed by atoms with van der Waals surface area (Å²) in [6, 6.07) is 4.87. The number of hydrogen-bond donors (Lipinski definition) is 2. The van der Waals surface area contributed by atoms with Gasteiger partial charge in [0.15, 0.2) is 0 Å². The second-order valence-corrected chi connectivity index (χ2v) is 7.30. The van der Waals surface area contributed by atoms with Crippen molar-refractivity contribution in [2.24, 2.45) is 5.41 Å². The van der Waals surface area contributed by atoms with Crippen LogP contribution in [0.25, 0.3) is 10.9 Å². The zero-order chi connectivity index (χ0) is 18.3. The Morgan fingerprint density at radius 3 is 2.77 bits per heavy atom. The van der Waals surface area contributed by atoms with Gasteiger partial charge >= 0.3 is 5.97 Å². The Morgan fingerprint density at radius 2 is 2.04 bits per heavy atom. The number of aryl methyl sites for hydroxylation is 1. The number of aliphatic carboxylic acids is 1. The number of hydrogen-bond acceptors (Lipinski definition) is 4. The highest BCUT2D eigenvalue weighted by molar-refractivity contribution is 5.98. The van der Waals surface area contributed by atoms with Crippen LogP contribution in [0.2, 0.25) is 0 Å². The van der Waals surface area contributed by atoms with Crippen LogP contribution in [0.5, 0.6) is 0 Å². The van der Waals surface area contributed by atoms with Gasteiger partial charge in [0, 0.05) is 25.1 Å². The maximum absolute atomic E-state index is 12.7. The monoisotopic (exact) mass is 355 g/mol. The molecular weight excluding hydrogens is 334 g/mol. The highest BCUT2D eigenvalue weighted by atomic mass is 16.4. The molecule has 1 aliphatic carbocycles. The van der Waals surface area contributed by atoms with Crippen molar-refractivity contribution in [3.8, 4) is 0 Å². The minimum Gasteiger partial charge on any atom is -0.481 e. The lowest BCUT2D eigenvalue weighted by Crippen LogP contribution is -2.34. The summed E-state index contributed by atoms with van der Waals surface area (Å²) in [6.07, 6.45) is 5.01. The van der Waals surface area contributed by atoms with Crippen molar-refractivity contribution in [1.82, 2.24) is 14.9 Å². The van der Waals surface area contributed by atoms with E-state index in [1.54, 1.807) is 22.8 Å². The Morgan fingerprint density at radius 1 is 1.23 bits per heavy atom. The molecule has 26 heavy (non-hydrogen) atoms. The van der Waals surface area contributed by atoms with Gasteiger partial charge in [-0.2, -0.15) is 0 Å². The summed E-state index contributed by atoms with van der Waals surface area (Å²) in [4.78, 5) is 40.9. The van der Waals surface area contributed by atoms with Crippen molar-refractivity contribution in [3.63, 3.8) is 0 Å². The fraction of sp³-hybridized carbons (Fsp3) is 0.474. The van der Waals surface area contributed by atoms with Crippen molar-refractivity contribution in [1.29, 1.82) is 0 Å². The van der Waals surface area contributed by atoms with Crippen LogP contribution in [-0.2, 0) is 17.8 Å². The Bertz CT molecular complexity index is 959. The van der Waals surface area contributed by atoms with Crippen molar-refractivity contribution in [2.75, 3.05) is 6.54 Å². The van der Waals surface area contributed by atoms with E-state index >= 15 is 0 Å². The lowest BCUT2D eigenvalue weighted by molar-refractivity contribution is -0.143. The van der Waals surface area contributed by atoms with E-state index in [4.69, 9.17) is 0 Å². The van der Waals surface area contributed by atoms with Gasteiger partial charge in [-0.1, -0.05) is 6.42 Å². The quantitative estimate of drug-likeness (QED) is 0.869. The van der Waals surface area contributed by atoms with Gasteiger partial charge in [0.05, 0.1) is 16.3 Å². The van der Waals surface area contributed by atoms with Crippen LogP contribution in [0, 0.1) is 5.41 Å². The molecule has 1 aromatic carbocycles. The summed E-state index contributed by atoms with van der Waals surface area (Å²) in [7, 11) is 0. The molecule has 0 bridgehead atoms. The summed E-state index contributed by atoms with van der Waals surface area (Å²) in [5.74, 6) is -0.426. The van der Waals surface area contributed by atoms with E-state index in [0.717, 1.165) is 31.5 Å². The third-order valence-corrected chi connectivity index (χ3v) is 5.47. The second-order valence-electron chi connectivity index (χ2n) is 7.30. The van der Waals surface area contributed by atoms with Crippen molar-refractivity contribution in [2.45, 2.75) is 45.1 Å². The average Bonchev–Trinajstić information content (AvgIpc) is 3.44. The Labute approximate surface area is 150 Å². The molecule has 1 amide bonds. The van der Waals surface area contributed by atoms with Gasteiger partial charge in [0.25, 0.3) is 11.5 Å². The van der Waals surface area contributed by atoms with Crippen molar-refractivity contribution in [3.05, 3.63) is 39.9 Å². The summed E-state index contributed by atoms with van der Waals surface area (Å²) < 4.78 is 1.75. The van der Waals surface area contributed by atoms with Gasteiger partial charge in [-0.3, -0.25) is 19.0 Å². The topological polar surface area (TPSA) is 101 Å². The number of carbonyl (C=O) groups is 2. The van der Waals surface area contributed by atoms with Crippen LogP contribution in [0.3, 0.4) is 0 Å². The summed E-state index contributed by atoms with van der Waals surface area (Å²) >= 11 is 0. The van der Waals surface area contributed by atoms with Crippen LogP contribution in [0.1, 0.15) is 48.3 Å². The first-order chi connectivity index (χ1) is 12.5. The highest BCUT2D eigenvalue weighted by Crippen LogP contribution is 2.45. The van der Waals surface area contributed by atoms with E-state index in [9.17, 15) is 19.5 Å². The van der Waals surface area contributed by atoms with Gasteiger partial charge in [-0.15, -0.1) is 0 Å². The minimum absolute atomic E-state index is 0.0540. The molecule has 1 fully saturated rings. The molecule has 1 aliphatic heterocycles. The number of nitrogens with one attached hydrogen (secondary N) is 1. The van der Waals surface area contributed by atoms with Gasteiger partial charge in [0.1, 0.15) is 5.82 Å². The van der Waals surface area contributed by atoms with E-state index in [-0.39, 0.29) is 18.0 Å². The number of benzene rings is 1. The zero-order valence-corrected chi connectivity index (χ0v) is 14.5. The first kappa shape index (κ1) is 16.8. The predicted octanol–water partition coefficient (Wildman–Crippen LogP) is 1.72. The standard InChI is InChI=1S/C19H21N3O4/c23-16(20-11-19(7-8-19)18(25)26)12-5-6-13-14(10-12)21-15-4-2-1-3-9-22(15)17(13)24/h5-6,10H,1-4,7-9,11H2,(H,20,23)(H,25,26). The number of amides is 1. The number of rotatable bonds is 4. The first-order valence-corrected chi connectivity index (χ1v) is 9.05. The smallest absolute Gasteiger partial charge is 0.311 e. The zero-order valence-electron chi connectivity index (χ0n) is 14.5. The number of nitrogens with zero attached hydrogens (tertiary/aromatic N) is 2. The molecule has 0 saturated heterocycles. The minimum atomic E-state index is -0.867. The SMILES string of the molecule is O=C(NCC1(C(=O)O)CC1)c1ccc2c(=O)n3c(nc2c1)CCCCC3. The van der Waals surface area contributed by atoms with Crippen molar-refractivity contribution >= 4 is 22.8 Å². The van der Waals surface area contributed by atoms with E-state index < -0.39 is 11.4 Å². The molecule has 2 heterocycles. The number of carbonyl (C=O) groups excluding carboxylic acids is 1. The molecule has 0 unspecified atom stereocenters. The molecule has 136 valence electrons. The van der Waals surface area contributed by atoms with E-state index in [1.165, 1.54) is 0 Å². The maximum atomic E-state index is 12.7. The van der Waals surface area contributed by atoms with Gasteiger partial charge in [0.2, 0.25) is 0 Å². The molecule has 2 aromatic rings. The maximum Gasteiger partial charge on any atom is 0.311 e. The van der Waals surface area contributed by atoms with Gasteiger partial charge in [-0.05, 0) is 43.9 Å². The average molecular weight is 355 g/mol. The normalized spacial score (nSPS) is 18.0. The molecule has 1 aromatic heterocycles. The number of aromatic nitrogens is 2. The van der Waals surface area contributed by atoms with Crippen LogP contribution in [0.4, 0.5) is 0 Å². The lowest BCUT2D eigenvalue weighted by atomic mass is 10.1. The van der Waals surface area contributed by atoms with Gasteiger partial charge in [-0.25, -0.2) is 4.98 Å². The number of carboxylic acids is 1. The number of fused-ring (bicyclic) bond motifs is 2. The fourth-order valence-corrected chi connectivity index (χ4v) is 3.53. The Hall–Kier alpha value is -2.70. The molecule has 0 atom stereocenters. The van der Waals surface area contributed by atoms with E-state index in [1.807, 2.05) is 0 Å². The van der Waals surface area contributed by atoms with Crippen LogP contribution in [-0.4, -0.2) is 33.1 Å². The molecular formula is C19H21N3O4. The third kappa shape index (κ3) is 2.87. The Kier molecular flexibility index (Phi) is 4.01. The fourth-order valence-electron chi connectivity index (χ4n) is 3.53. The summed E-state index contributed by atoms with van der Waals surface area (Å²) in [5, 5.41) is 12.4. The van der Waals surface area contributed by atoms with Gasteiger partial charge < -0.3 is 10.4 Å². The summed E-state index contributed by atoms with van der Waals surface area (Å²) in [5.41, 5.74) is 0.0574.